The molecule has 0 unspecified atom stereocenters. The maximum Gasteiger partial charge on any atom is 0.175 e. The van der Waals surface area contributed by atoms with Crippen LogP contribution in [-0.2, 0) is 21.3 Å². The minimum Gasteiger partial charge on any atom is -0.496 e. The van der Waals surface area contributed by atoms with Crippen LogP contribution in [0.1, 0.15) is 0 Å². The number of fused-ring (bicyclic) bond motifs is 1. The number of ether oxygens (including phenoxy) is 2. The molecule has 0 bridgehead atoms. The molecule has 168 valence electrons. The zero-order valence-electron chi connectivity index (χ0n) is 18.6. The Hall–Kier alpha value is -2.56. The van der Waals surface area contributed by atoms with Gasteiger partial charge in [-0.3, -0.25) is 0 Å². The molecule has 0 fully saturated rings. The number of pyridine rings is 1. The van der Waals surface area contributed by atoms with Crippen LogP contribution in [0.25, 0.3) is 22.3 Å². The fourth-order valence-electron chi connectivity index (χ4n) is 3.27. The van der Waals surface area contributed by atoms with E-state index in [0.29, 0.717) is 35.1 Å². The summed E-state index contributed by atoms with van der Waals surface area (Å²) in [6, 6.07) is 9.35. The summed E-state index contributed by atoms with van der Waals surface area (Å²) in [5, 5.41) is 0.743. The number of rotatable bonds is 8. The zero-order chi connectivity index (χ0) is 23.0. The number of benzene rings is 1. The van der Waals surface area contributed by atoms with Crippen molar-refractivity contribution in [3.05, 3.63) is 30.3 Å². The summed E-state index contributed by atoms with van der Waals surface area (Å²) in [4.78, 5) is 4.66. The van der Waals surface area contributed by atoms with Crippen LogP contribution < -0.4 is 16.2 Å². The average Bonchev–Trinajstić information content (AvgIpc) is 3.01. The molecule has 0 aliphatic heterocycles. The van der Waals surface area contributed by atoms with Gasteiger partial charge in [-0.25, -0.2) is 13.4 Å². The van der Waals surface area contributed by atoms with Crippen molar-refractivity contribution >= 4 is 40.4 Å². The van der Waals surface area contributed by atoms with Crippen LogP contribution in [-0.4, -0.2) is 46.0 Å². The van der Waals surface area contributed by atoms with E-state index in [9.17, 15) is 8.42 Å². The highest BCUT2D eigenvalue weighted by Crippen LogP contribution is 2.37. The molecular formula is C21H30N4O4SSi. The van der Waals surface area contributed by atoms with Crippen molar-refractivity contribution < 1.29 is 17.9 Å². The van der Waals surface area contributed by atoms with Crippen LogP contribution in [0.3, 0.4) is 0 Å². The molecule has 8 nitrogen and oxygen atoms in total. The summed E-state index contributed by atoms with van der Waals surface area (Å²) in [5.74, 6) is 0.748. The second-order valence-corrected chi connectivity index (χ2v) is 16.5. The third-order valence-electron chi connectivity index (χ3n) is 5.01. The molecule has 0 saturated carbocycles. The SMILES string of the molecule is COc1cc(S(C)(=O)=O)ccc1-c1cc2c(N)cc(N)nc2n1COCC[Si](C)(C)C. The Morgan fingerprint density at radius 3 is 2.45 bits per heavy atom. The van der Waals surface area contributed by atoms with Crippen molar-refractivity contribution in [2.75, 3.05) is 31.4 Å². The molecule has 0 saturated heterocycles. The van der Waals surface area contributed by atoms with Crippen molar-refractivity contribution in [3.8, 4) is 17.0 Å². The molecule has 2 aromatic heterocycles. The minimum absolute atomic E-state index is 0.184. The number of nitrogens with two attached hydrogens (primary N) is 2. The molecule has 0 atom stereocenters. The molecule has 1 aromatic carbocycles. The third-order valence-corrected chi connectivity index (χ3v) is 7.83. The molecule has 0 radical (unpaired) electrons. The highest BCUT2D eigenvalue weighted by atomic mass is 32.2. The summed E-state index contributed by atoms with van der Waals surface area (Å²) in [6.07, 6.45) is 1.16. The van der Waals surface area contributed by atoms with Gasteiger partial charge in [0.25, 0.3) is 0 Å². The first-order chi connectivity index (χ1) is 14.4. The Morgan fingerprint density at radius 1 is 1.13 bits per heavy atom. The molecule has 0 aliphatic carbocycles. The smallest absolute Gasteiger partial charge is 0.175 e. The summed E-state index contributed by atoms with van der Waals surface area (Å²) < 4.78 is 37.4. The number of sulfone groups is 1. The average molecular weight is 463 g/mol. The Balaban J connectivity index is 2.12. The Kier molecular flexibility index (Phi) is 6.35. The quantitative estimate of drug-likeness (QED) is 0.387. The first-order valence-corrected chi connectivity index (χ1v) is 15.5. The number of nitrogen functional groups attached to an aromatic ring is 2. The van der Waals surface area contributed by atoms with Gasteiger partial charge in [0.05, 0.1) is 17.7 Å². The fourth-order valence-corrected chi connectivity index (χ4v) is 4.66. The minimum atomic E-state index is -3.37. The van der Waals surface area contributed by atoms with Crippen molar-refractivity contribution in [3.63, 3.8) is 0 Å². The predicted molar refractivity (Wildman–Crippen MR) is 128 cm³/mol. The molecule has 0 amide bonds. The second-order valence-electron chi connectivity index (χ2n) is 8.81. The molecule has 10 heteroatoms. The van der Waals surface area contributed by atoms with Crippen molar-refractivity contribution in [2.24, 2.45) is 0 Å². The number of nitrogens with zero attached hydrogens (tertiary/aromatic N) is 2. The second kappa shape index (κ2) is 8.52. The molecule has 0 spiro atoms. The van der Waals surface area contributed by atoms with Crippen LogP contribution in [0.5, 0.6) is 5.75 Å². The van der Waals surface area contributed by atoms with Gasteiger partial charge in [0.15, 0.2) is 9.84 Å². The lowest BCUT2D eigenvalue weighted by molar-refractivity contribution is 0.0909. The van der Waals surface area contributed by atoms with Gasteiger partial charge in [-0.2, -0.15) is 0 Å². The molecule has 3 aromatic rings. The lowest BCUT2D eigenvalue weighted by atomic mass is 10.1. The summed E-state index contributed by atoms with van der Waals surface area (Å²) in [6.45, 7) is 7.78. The molecule has 3 rings (SSSR count). The lowest BCUT2D eigenvalue weighted by Gasteiger charge is -2.17. The lowest BCUT2D eigenvalue weighted by Crippen LogP contribution is -2.22. The van der Waals surface area contributed by atoms with Crippen molar-refractivity contribution in [2.45, 2.75) is 37.3 Å². The van der Waals surface area contributed by atoms with E-state index in [2.05, 4.69) is 24.6 Å². The van der Waals surface area contributed by atoms with E-state index in [0.717, 1.165) is 23.4 Å². The largest absolute Gasteiger partial charge is 0.496 e. The number of anilines is 2. The molecule has 31 heavy (non-hydrogen) atoms. The van der Waals surface area contributed by atoms with Gasteiger partial charge >= 0.3 is 0 Å². The van der Waals surface area contributed by atoms with Crippen LogP contribution in [0.4, 0.5) is 11.5 Å². The van der Waals surface area contributed by atoms with Gasteiger partial charge in [-0.05, 0) is 30.3 Å². The normalized spacial score (nSPS) is 12.4. The van der Waals surface area contributed by atoms with Gasteiger partial charge in [-0.15, -0.1) is 0 Å². The van der Waals surface area contributed by atoms with Crippen LogP contribution >= 0.6 is 0 Å². The van der Waals surface area contributed by atoms with Gasteiger partial charge in [0.2, 0.25) is 0 Å². The molecule has 0 aliphatic rings. The number of aromatic nitrogens is 2. The van der Waals surface area contributed by atoms with Crippen LogP contribution in [0, 0.1) is 0 Å². The van der Waals surface area contributed by atoms with E-state index < -0.39 is 17.9 Å². The van der Waals surface area contributed by atoms with Gasteiger partial charge in [0, 0.05) is 43.6 Å². The van der Waals surface area contributed by atoms with E-state index >= 15 is 0 Å². The van der Waals surface area contributed by atoms with Crippen molar-refractivity contribution in [1.29, 1.82) is 0 Å². The Morgan fingerprint density at radius 2 is 1.84 bits per heavy atom. The zero-order valence-corrected chi connectivity index (χ0v) is 20.4. The van der Waals surface area contributed by atoms with Gasteiger partial charge in [-0.1, -0.05) is 19.6 Å². The highest BCUT2D eigenvalue weighted by Gasteiger charge is 2.20. The maximum atomic E-state index is 12.0. The first kappa shape index (κ1) is 23.1. The van der Waals surface area contributed by atoms with Crippen LogP contribution in [0.15, 0.2) is 35.2 Å². The Labute approximate surface area is 184 Å². The van der Waals surface area contributed by atoms with Gasteiger partial charge in [0.1, 0.15) is 23.9 Å². The van der Waals surface area contributed by atoms with Crippen LogP contribution in [0.2, 0.25) is 25.7 Å². The van der Waals surface area contributed by atoms with E-state index in [-0.39, 0.29) is 11.6 Å². The highest BCUT2D eigenvalue weighted by molar-refractivity contribution is 7.90. The fraction of sp³-hybridized carbons (Fsp3) is 0.381. The first-order valence-electron chi connectivity index (χ1n) is 9.92. The van der Waals surface area contributed by atoms with E-state index in [1.807, 2.05) is 10.6 Å². The summed E-state index contributed by atoms with van der Waals surface area (Å²) >= 11 is 0. The number of methoxy groups -OCH3 is 1. The number of hydrogen-bond acceptors (Lipinski definition) is 7. The predicted octanol–water partition coefficient (Wildman–Crippen LogP) is 3.59. The van der Waals surface area contributed by atoms with E-state index in [1.165, 1.54) is 13.2 Å². The summed E-state index contributed by atoms with van der Waals surface area (Å²) in [5.41, 5.74) is 14.7. The maximum absolute atomic E-state index is 12.0. The third kappa shape index (κ3) is 5.20. The topological polar surface area (TPSA) is 122 Å². The van der Waals surface area contributed by atoms with Crippen molar-refractivity contribution in [1.82, 2.24) is 9.55 Å². The monoisotopic (exact) mass is 462 g/mol. The van der Waals surface area contributed by atoms with E-state index in [1.54, 1.807) is 18.2 Å². The molecule has 4 N–H and O–H groups in total. The number of hydrogen-bond donors (Lipinski definition) is 2. The summed E-state index contributed by atoms with van der Waals surface area (Å²) in [7, 11) is -3.10. The standard InChI is InChI=1S/C21H30N4O4SSi/c1-28-19-10-14(30(2,26)27)6-7-15(19)18-11-16-17(22)12-20(23)24-21(16)25(18)13-29-8-9-31(3,4)5/h6-7,10-12H,8-9,13H2,1-5H3,(H4,22,23,24). The van der Waals surface area contributed by atoms with E-state index in [4.69, 9.17) is 20.9 Å². The Bertz CT molecular complexity index is 1220. The molecule has 2 heterocycles. The molecular weight excluding hydrogens is 432 g/mol. The van der Waals surface area contributed by atoms with Gasteiger partial charge < -0.3 is 25.5 Å².